The van der Waals surface area contributed by atoms with Crippen molar-refractivity contribution in [3.05, 3.63) is 34.2 Å². The highest BCUT2D eigenvalue weighted by molar-refractivity contribution is 7.16. The molecule has 4 heteroatoms. The lowest BCUT2D eigenvalue weighted by Gasteiger charge is -1.98. The summed E-state index contributed by atoms with van der Waals surface area (Å²) in [4.78, 5) is 9.64. The molecule has 0 saturated carbocycles. The van der Waals surface area contributed by atoms with Crippen LogP contribution in [0, 0.1) is 6.92 Å². The molecule has 1 aromatic carbocycles. The Morgan fingerprint density at radius 3 is 3.05 bits per heavy atom. The van der Waals surface area contributed by atoms with E-state index in [1.807, 2.05) is 0 Å². The van der Waals surface area contributed by atoms with Gasteiger partial charge in [-0.2, -0.15) is 0 Å². The highest BCUT2D eigenvalue weighted by atomic mass is 32.1. The lowest BCUT2D eigenvalue weighted by atomic mass is 10.1. The molecule has 0 unspecified atom stereocenters. The molecule has 0 atom stereocenters. The minimum Gasteiger partial charge on any atom is -0.390 e. The average molecular weight is 269 g/mol. The van der Waals surface area contributed by atoms with Crippen LogP contribution in [-0.2, 0) is 12.8 Å². The number of benzene rings is 1. The van der Waals surface area contributed by atoms with E-state index in [2.05, 4.69) is 30.1 Å². The Labute approximate surface area is 115 Å². The first kappa shape index (κ1) is 11.1. The predicted molar refractivity (Wildman–Crippen MR) is 80.6 cm³/mol. The molecule has 3 nitrogen and oxygen atoms in total. The second-order valence-electron chi connectivity index (χ2n) is 5.15. The maximum Gasteiger partial charge on any atom is 0.141 e. The van der Waals surface area contributed by atoms with Crippen molar-refractivity contribution < 1.29 is 0 Å². The molecule has 1 aliphatic rings. The maximum absolute atomic E-state index is 6.20. The van der Waals surface area contributed by atoms with Gasteiger partial charge in [0, 0.05) is 4.88 Å². The molecule has 0 spiro atoms. The SMILES string of the molecule is Cc1cccc2[nH]c(-c3c(N)sc4c3CCC4)nc12. The molecule has 4 rings (SSSR count). The quantitative estimate of drug-likeness (QED) is 0.708. The molecule has 1 aliphatic carbocycles. The Kier molecular flexibility index (Phi) is 2.23. The van der Waals surface area contributed by atoms with Crippen LogP contribution in [0.25, 0.3) is 22.4 Å². The van der Waals surface area contributed by atoms with Crippen LogP contribution in [-0.4, -0.2) is 9.97 Å². The molecule has 0 saturated heterocycles. The van der Waals surface area contributed by atoms with Crippen LogP contribution in [0.5, 0.6) is 0 Å². The second kappa shape index (κ2) is 3.84. The van der Waals surface area contributed by atoms with Gasteiger partial charge in [0.1, 0.15) is 5.82 Å². The van der Waals surface area contributed by atoms with E-state index < -0.39 is 0 Å². The number of rotatable bonds is 1. The number of aromatic amines is 1. The fourth-order valence-corrected chi connectivity index (χ4v) is 4.14. The summed E-state index contributed by atoms with van der Waals surface area (Å²) in [5.41, 5.74) is 12.1. The van der Waals surface area contributed by atoms with Crippen molar-refractivity contribution in [2.24, 2.45) is 0 Å². The van der Waals surface area contributed by atoms with E-state index in [1.165, 1.54) is 28.8 Å². The Hall–Kier alpha value is -1.81. The molecule has 96 valence electrons. The summed E-state index contributed by atoms with van der Waals surface area (Å²) < 4.78 is 0. The number of hydrogen-bond acceptors (Lipinski definition) is 3. The van der Waals surface area contributed by atoms with Gasteiger partial charge in [0.2, 0.25) is 0 Å². The summed E-state index contributed by atoms with van der Waals surface area (Å²) in [6, 6.07) is 6.22. The van der Waals surface area contributed by atoms with Crippen LogP contribution >= 0.6 is 11.3 Å². The van der Waals surface area contributed by atoms with Crippen LogP contribution in [0.4, 0.5) is 5.00 Å². The molecule has 0 radical (unpaired) electrons. The number of H-pyrrole nitrogens is 1. The van der Waals surface area contributed by atoms with Gasteiger partial charge >= 0.3 is 0 Å². The maximum atomic E-state index is 6.20. The number of aromatic nitrogens is 2. The average Bonchev–Trinajstić information content (AvgIpc) is 3.02. The minimum atomic E-state index is 0.904. The number of fused-ring (bicyclic) bond motifs is 2. The number of nitrogens with one attached hydrogen (secondary N) is 1. The molecule has 3 N–H and O–H groups in total. The highest BCUT2D eigenvalue weighted by Gasteiger charge is 2.23. The predicted octanol–water partition coefficient (Wildman–Crippen LogP) is 3.67. The number of nitrogen functional groups attached to an aromatic ring is 1. The van der Waals surface area contributed by atoms with Crippen LogP contribution in [0.2, 0.25) is 0 Å². The summed E-state index contributed by atoms with van der Waals surface area (Å²) in [6.45, 7) is 2.09. The number of nitrogens with zero attached hydrogens (tertiary/aromatic N) is 1. The third-order valence-electron chi connectivity index (χ3n) is 3.90. The summed E-state index contributed by atoms with van der Waals surface area (Å²) >= 11 is 1.73. The molecule has 0 bridgehead atoms. The first-order chi connectivity index (χ1) is 9.24. The van der Waals surface area contributed by atoms with Gasteiger partial charge in [-0.3, -0.25) is 0 Å². The van der Waals surface area contributed by atoms with Gasteiger partial charge in [0.05, 0.1) is 21.6 Å². The zero-order valence-electron chi connectivity index (χ0n) is 10.8. The normalized spacial score (nSPS) is 14.2. The zero-order chi connectivity index (χ0) is 13.0. The number of para-hydroxylation sites is 1. The van der Waals surface area contributed by atoms with E-state index in [0.717, 1.165) is 33.8 Å². The standard InChI is InChI=1S/C15H15N3S/c1-8-4-2-6-10-13(8)18-15(17-10)12-9-5-3-7-11(9)19-14(12)16/h2,4,6H,3,5,7,16H2,1H3,(H,17,18). The van der Waals surface area contributed by atoms with Crippen molar-refractivity contribution in [1.29, 1.82) is 0 Å². The summed E-state index contributed by atoms with van der Waals surface area (Å²) in [5, 5.41) is 0.904. The van der Waals surface area contributed by atoms with Crippen molar-refractivity contribution >= 4 is 27.4 Å². The van der Waals surface area contributed by atoms with E-state index in [1.54, 1.807) is 11.3 Å². The van der Waals surface area contributed by atoms with Crippen molar-refractivity contribution in [3.8, 4) is 11.4 Å². The van der Waals surface area contributed by atoms with Gasteiger partial charge in [0.15, 0.2) is 0 Å². The first-order valence-corrected chi connectivity index (χ1v) is 7.41. The van der Waals surface area contributed by atoms with E-state index in [0.29, 0.717) is 0 Å². The van der Waals surface area contributed by atoms with Gasteiger partial charge in [-0.15, -0.1) is 11.3 Å². The van der Waals surface area contributed by atoms with E-state index in [9.17, 15) is 0 Å². The van der Waals surface area contributed by atoms with Gasteiger partial charge in [0.25, 0.3) is 0 Å². The number of nitrogens with two attached hydrogens (primary N) is 1. The van der Waals surface area contributed by atoms with Crippen LogP contribution in [0.15, 0.2) is 18.2 Å². The van der Waals surface area contributed by atoms with E-state index in [4.69, 9.17) is 10.7 Å². The Balaban J connectivity index is 1.98. The van der Waals surface area contributed by atoms with Crippen molar-refractivity contribution in [1.82, 2.24) is 9.97 Å². The number of imidazole rings is 1. The smallest absolute Gasteiger partial charge is 0.141 e. The third-order valence-corrected chi connectivity index (χ3v) is 5.02. The second-order valence-corrected chi connectivity index (χ2v) is 6.29. The fraction of sp³-hybridized carbons (Fsp3) is 0.267. The summed E-state index contributed by atoms with van der Waals surface area (Å²) in [7, 11) is 0. The molecule has 3 aromatic rings. The van der Waals surface area contributed by atoms with Crippen LogP contribution < -0.4 is 5.73 Å². The van der Waals surface area contributed by atoms with Crippen LogP contribution in [0.3, 0.4) is 0 Å². The third kappa shape index (κ3) is 1.53. The number of hydrogen-bond donors (Lipinski definition) is 2. The van der Waals surface area contributed by atoms with Gasteiger partial charge in [-0.25, -0.2) is 4.98 Å². The molecule has 0 fully saturated rings. The highest BCUT2D eigenvalue weighted by Crippen LogP contribution is 2.42. The Bertz CT molecular complexity index is 782. The molecule has 19 heavy (non-hydrogen) atoms. The molecule has 2 heterocycles. The number of anilines is 1. The van der Waals surface area contributed by atoms with E-state index >= 15 is 0 Å². The molecular weight excluding hydrogens is 254 g/mol. The van der Waals surface area contributed by atoms with E-state index in [-0.39, 0.29) is 0 Å². The van der Waals surface area contributed by atoms with Gasteiger partial charge in [-0.1, -0.05) is 12.1 Å². The largest absolute Gasteiger partial charge is 0.390 e. The molecule has 2 aromatic heterocycles. The summed E-state index contributed by atoms with van der Waals surface area (Å²) in [5.74, 6) is 0.932. The fourth-order valence-electron chi connectivity index (χ4n) is 2.98. The lowest BCUT2D eigenvalue weighted by molar-refractivity contribution is 0.915. The Morgan fingerprint density at radius 2 is 2.21 bits per heavy atom. The monoisotopic (exact) mass is 269 g/mol. The minimum absolute atomic E-state index is 0.904. The van der Waals surface area contributed by atoms with Crippen molar-refractivity contribution in [2.45, 2.75) is 26.2 Å². The summed E-state index contributed by atoms with van der Waals surface area (Å²) in [6.07, 6.45) is 3.55. The first-order valence-electron chi connectivity index (χ1n) is 6.60. The molecule has 0 aliphatic heterocycles. The van der Waals surface area contributed by atoms with Crippen molar-refractivity contribution in [3.63, 3.8) is 0 Å². The van der Waals surface area contributed by atoms with Crippen LogP contribution in [0.1, 0.15) is 22.4 Å². The Morgan fingerprint density at radius 1 is 1.32 bits per heavy atom. The van der Waals surface area contributed by atoms with Crippen molar-refractivity contribution in [2.75, 3.05) is 5.73 Å². The lowest BCUT2D eigenvalue weighted by Crippen LogP contribution is -1.89. The van der Waals surface area contributed by atoms with Gasteiger partial charge < -0.3 is 10.7 Å². The number of aryl methyl sites for hydroxylation is 2. The number of thiophene rings is 1. The van der Waals surface area contributed by atoms with Gasteiger partial charge in [-0.05, 0) is 43.4 Å². The topological polar surface area (TPSA) is 54.7 Å². The molecular formula is C15H15N3S. The molecule has 0 amide bonds. The zero-order valence-corrected chi connectivity index (χ0v) is 11.6.